The quantitative estimate of drug-likeness (QED) is 0.301. The van der Waals surface area contributed by atoms with Gasteiger partial charge in [-0.05, 0) is 47.0 Å². The van der Waals surface area contributed by atoms with Crippen molar-refractivity contribution in [3.8, 4) is 17.2 Å². The van der Waals surface area contributed by atoms with E-state index in [1.165, 1.54) is 5.56 Å². The van der Waals surface area contributed by atoms with Crippen molar-refractivity contribution >= 4 is 27.6 Å². The number of nitrogens with two attached hydrogens (primary N) is 1. The van der Waals surface area contributed by atoms with E-state index in [2.05, 4.69) is 47.0 Å². The van der Waals surface area contributed by atoms with Crippen molar-refractivity contribution in [1.29, 1.82) is 10.7 Å². The topological polar surface area (TPSA) is 78.6 Å². The van der Waals surface area contributed by atoms with E-state index < -0.39 is 0 Å². The van der Waals surface area contributed by atoms with Gasteiger partial charge in [0, 0.05) is 33.9 Å². The molecule has 0 bridgehead atoms. The van der Waals surface area contributed by atoms with Crippen LogP contribution in [0.5, 0.6) is 0 Å². The third kappa shape index (κ3) is 3.23. The Bertz CT molecular complexity index is 1480. The van der Waals surface area contributed by atoms with Crippen LogP contribution in [0.4, 0.5) is 0 Å². The van der Waals surface area contributed by atoms with Crippen molar-refractivity contribution in [2.75, 3.05) is 0 Å². The van der Waals surface area contributed by atoms with E-state index >= 15 is 0 Å². The van der Waals surface area contributed by atoms with Crippen LogP contribution < -0.4 is 5.73 Å². The van der Waals surface area contributed by atoms with Crippen LogP contribution in [0.25, 0.3) is 32.9 Å². The highest BCUT2D eigenvalue weighted by Crippen LogP contribution is 2.31. The van der Waals surface area contributed by atoms with Gasteiger partial charge >= 0.3 is 0 Å². The average Bonchev–Trinajstić information content (AvgIpc) is 3.12. The number of aromatic nitrogens is 1. The molecule has 0 atom stereocenters. The first-order valence-corrected chi connectivity index (χ1v) is 10.1. The molecule has 3 N–H and O–H groups in total. The molecule has 5 aromatic rings. The highest BCUT2D eigenvalue weighted by Gasteiger charge is 2.12. The maximum absolute atomic E-state index is 9.39. The molecular formula is C27H20N4. The van der Waals surface area contributed by atoms with Gasteiger partial charge in [0.25, 0.3) is 0 Å². The van der Waals surface area contributed by atoms with E-state index in [0.29, 0.717) is 5.56 Å². The maximum Gasteiger partial charge on any atom is 0.122 e. The number of nitriles is 1. The van der Waals surface area contributed by atoms with Crippen LogP contribution in [-0.2, 0) is 6.54 Å². The molecule has 0 saturated heterocycles. The van der Waals surface area contributed by atoms with Crippen molar-refractivity contribution in [3.63, 3.8) is 0 Å². The molecule has 0 aliphatic carbocycles. The van der Waals surface area contributed by atoms with Crippen LogP contribution in [0.1, 0.15) is 16.7 Å². The van der Waals surface area contributed by atoms with Crippen molar-refractivity contribution < 1.29 is 0 Å². The van der Waals surface area contributed by atoms with Crippen molar-refractivity contribution in [2.45, 2.75) is 6.54 Å². The van der Waals surface area contributed by atoms with Crippen LogP contribution in [0.15, 0.2) is 91.0 Å². The summed E-state index contributed by atoms with van der Waals surface area (Å²) in [5, 5.41) is 19.4. The third-order valence-corrected chi connectivity index (χ3v) is 5.74. The second-order valence-corrected chi connectivity index (χ2v) is 7.60. The molecule has 5 rings (SSSR count). The van der Waals surface area contributed by atoms with Gasteiger partial charge in [0.05, 0.1) is 11.6 Å². The fourth-order valence-electron chi connectivity index (χ4n) is 4.20. The molecule has 31 heavy (non-hydrogen) atoms. The summed E-state index contributed by atoms with van der Waals surface area (Å²) < 4.78 is 2.30. The fourth-order valence-corrected chi connectivity index (χ4v) is 4.20. The zero-order valence-electron chi connectivity index (χ0n) is 16.8. The molecule has 1 heterocycles. The van der Waals surface area contributed by atoms with Gasteiger partial charge in [0.1, 0.15) is 5.84 Å². The molecule has 0 aliphatic rings. The van der Waals surface area contributed by atoms with E-state index in [1.807, 2.05) is 54.6 Å². The molecule has 0 radical (unpaired) electrons. The third-order valence-electron chi connectivity index (χ3n) is 5.74. The number of para-hydroxylation sites is 1. The molecule has 0 saturated carbocycles. The predicted octanol–water partition coefficient (Wildman–Crippen LogP) is 5.67. The monoisotopic (exact) mass is 400 g/mol. The number of fused-ring (bicyclic) bond motifs is 3. The van der Waals surface area contributed by atoms with Crippen LogP contribution in [0.3, 0.4) is 0 Å². The zero-order valence-corrected chi connectivity index (χ0v) is 16.8. The molecule has 0 spiro atoms. The van der Waals surface area contributed by atoms with E-state index in [-0.39, 0.29) is 5.84 Å². The number of nitrogens with one attached hydrogen (secondary N) is 1. The molecule has 4 heteroatoms. The van der Waals surface area contributed by atoms with Gasteiger partial charge in [0.2, 0.25) is 0 Å². The van der Waals surface area contributed by atoms with E-state index in [9.17, 15) is 5.26 Å². The average molecular weight is 400 g/mol. The Hall–Kier alpha value is -4.36. The molecule has 4 nitrogen and oxygen atoms in total. The van der Waals surface area contributed by atoms with Gasteiger partial charge in [-0.2, -0.15) is 5.26 Å². The number of nitrogen functional groups attached to an aromatic ring is 1. The smallest absolute Gasteiger partial charge is 0.122 e. The standard InChI is InChI=1S/C27H20N4/c28-16-21-5-1-2-6-22(21)19-11-9-18(10-12-19)17-31-25-8-4-3-7-23(25)24-15-20(27(29)30)13-14-26(24)31/h1-15H,17H2,(H3,29,30). The SMILES string of the molecule is N#Cc1ccccc1-c1ccc(Cn2c3ccccc3c3cc(C(=N)N)ccc32)cc1. The molecular weight excluding hydrogens is 380 g/mol. The van der Waals surface area contributed by atoms with E-state index in [4.69, 9.17) is 11.1 Å². The van der Waals surface area contributed by atoms with Crippen molar-refractivity contribution in [1.82, 2.24) is 4.57 Å². The first-order chi connectivity index (χ1) is 15.2. The first kappa shape index (κ1) is 18.7. The molecule has 148 valence electrons. The Morgan fingerprint density at radius 2 is 1.55 bits per heavy atom. The summed E-state index contributed by atoms with van der Waals surface area (Å²) >= 11 is 0. The Kier molecular flexibility index (Phi) is 4.50. The normalized spacial score (nSPS) is 10.9. The second-order valence-electron chi connectivity index (χ2n) is 7.60. The lowest BCUT2D eigenvalue weighted by atomic mass is 9.99. The van der Waals surface area contributed by atoms with E-state index in [1.54, 1.807) is 0 Å². The number of benzene rings is 4. The van der Waals surface area contributed by atoms with Crippen LogP contribution in [0, 0.1) is 16.7 Å². The fraction of sp³-hybridized carbons (Fsp3) is 0.0370. The largest absolute Gasteiger partial charge is 0.384 e. The van der Waals surface area contributed by atoms with Gasteiger partial charge in [-0.15, -0.1) is 0 Å². The van der Waals surface area contributed by atoms with Gasteiger partial charge in [-0.25, -0.2) is 0 Å². The lowest BCUT2D eigenvalue weighted by Gasteiger charge is -2.10. The molecule has 0 fully saturated rings. The molecule has 4 aromatic carbocycles. The summed E-state index contributed by atoms with van der Waals surface area (Å²) in [7, 11) is 0. The van der Waals surface area contributed by atoms with Gasteiger partial charge in [-0.1, -0.05) is 60.7 Å². The summed E-state index contributed by atoms with van der Waals surface area (Å²) in [6.45, 7) is 0.726. The van der Waals surface area contributed by atoms with Crippen LogP contribution in [-0.4, -0.2) is 10.4 Å². The summed E-state index contributed by atoms with van der Waals surface area (Å²) in [6, 6.07) is 32.6. The van der Waals surface area contributed by atoms with Gasteiger partial charge < -0.3 is 10.3 Å². The number of hydrogen-bond donors (Lipinski definition) is 2. The Balaban J connectivity index is 1.57. The van der Waals surface area contributed by atoms with E-state index in [0.717, 1.165) is 45.0 Å². The van der Waals surface area contributed by atoms with Crippen LogP contribution in [0.2, 0.25) is 0 Å². The minimum Gasteiger partial charge on any atom is -0.384 e. The lowest BCUT2D eigenvalue weighted by molar-refractivity contribution is 0.869. The summed E-state index contributed by atoms with van der Waals surface area (Å²) in [5.41, 5.74) is 12.6. The zero-order chi connectivity index (χ0) is 21.4. The minimum atomic E-state index is 0.0759. The summed E-state index contributed by atoms with van der Waals surface area (Å²) in [4.78, 5) is 0. The van der Waals surface area contributed by atoms with Crippen molar-refractivity contribution in [2.24, 2.45) is 5.73 Å². The van der Waals surface area contributed by atoms with Crippen molar-refractivity contribution in [3.05, 3.63) is 108 Å². The van der Waals surface area contributed by atoms with Gasteiger partial charge in [-0.3, -0.25) is 5.41 Å². The molecule has 0 amide bonds. The highest BCUT2D eigenvalue weighted by molar-refractivity contribution is 6.10. The Morgan fingerprint density at radius 3 is 2.32 bits per heavy atom. The van der Waals surface area contributed by atoms with Crippen LogP contribution >= 0.6 is 0 Å². The first-order valence-electron chi connectivity index (χ1n) is 10.1. The number of rotatable bonds is 4. The van der Waals surface area contributed by atoms with Gasteiger partial charge in [0.15, 0.2) is 0 Å². The summed E-state index contributed by atoms with van der Waals surface area (Å²) in [6.07, 6.45) is 0. The highest BCUT2D eigenvalue weighted by atomic mass is 15.0. The molecule has 0 aliphatic heterocycles. The molecule has 0 unspecified atom stereocenters. The second kappa shape index (κ2) is 7.47. The number of amidine groups is 1. The number of nitrogens with zero attached hydrogens (tertiary/aromatic N) is 2. The minimum absolute atomic E-state index is 0.0759. The maximum atomic E-state index is 9.39. The number of hydrogen-bond acceptors (Lipinski definition) is 2. The summed E-state index contributed by atoms with van der Waals surface area (Å²) in [5.74, 6) is 0.0759. The predicted molar refractivity (Wildman–Crippen MR) is 126 cm³/mol. The Labute approximate surface area is 180 Å². The lowest BCUT2D eigenvalue weighted by Crippen LogP contribution is -2.10. The molecule has 1 aromatic heterocycles. The Morgan fingerprint density at radius 1 is 0.839 bits per heavy atom.